The van der Waals surface area contributed by atoms with E-state index in [1.807, 2.05) is 0 Å². The average molecular weight is 587 g/mol. The first kappa shape index (κ1) is 35.3. The van der Waals surface area contributed by atoms with E-state index < -0.39 is 33.0 Å². The Labute approximate surface area is 235 Å². The van der Waals surface area contributed by atoms with Gasteiger partial charge in [-0.05, 0) is 61.3 Å². The van der Waals surface area contributed by atoms with Crippen LogP contribution in [0.5, 0.6) is 0 Å². The zero-order valence-electron chi connectivity index (χ0n) is 28.0. The Morgan fingerprint density at radius 2 is 1.00 bits per heavy atom. The molecule has 5 atom stereocenters. The molecule has 1 unspecified atom stereocenters. The summed E-state index contributed by atoms with van der Waals surface area (Å²) in [6, 6.07) is 0. The molecule has 0 aromatic rings. The molecule has 1 aliphatic heterocycles. The van der Waals surface area contributed by atoms with Crippen LogP contribution in [0.4, 0.5) is 0 Å². The van der Waals surface area contributed by atoms with Gasteiger partial charge in [-0.2, -0.15) is 0 Å². The lowest BCUT2D eigenvalue weighted by Gasteiger charge is -2.45. The summed E-state index contributed by atoms with van der Waals surface area (Å²) in [5.41, 5.74) is 3.59. The summed E-state index contributed by atoms with van der Waals surface area (Å²) < 4.78 is 28.2. The van der Waals surface area contributed by atoms with Crippen molar-refractivity contribution >= 4 is 33.0 Å². The summed E-state index contributed by atoms with van der Waals surface area (Å²) in [7, 11) is -7.87. The van der Waals surface area contributed by atoms with Crippen LogP contribution in [-0.2, 0) is 18.0 Å². The molecular weight excluding hydrogens is 525 g/mol. The van der Waals surface area contributed by atoms with Crippen molar-refractivity contribution in [1.29, 1.82) is 0 Å². The lowest BCUT2D eigenvalue weighted by Crippen LogP contribution is -2.56. The fraction of sp³-hybridized carbons (Fsp3) is 0.931. The van der Waals surface area contributed by atoms with Gasteiger partial charge in [-0.3, -0.25) is 0 Å². The first-order chi connectivity index (χ1) is 16.0. The molecule has 0 spiro atoms. The van der Waals surface area contributed by atoms with Crippen molar-refractivity contribution < 1.29 is 18.0 Å². The average Bonchev–Trinajstić information content (AvgIpc) is 2.92. The van der Waals surface area contributed by atoms with Crippen molar-refractivity contribution in [1.82, 2.24) is 0 Å². The van der Waals surface area contributed by atoms with Crippen LogP contribution in [0.3, 0.4) is 0 Å². The maximum Gasteiger partial charge on any atom is 0.192 e. The van der Waals surface area contributed by atoms with Gasteiger partial charge in [0.1, 0.15) is 32.5 Å². The van der Waals surface area contributed by atoms with E-state index in [9.17, 15) is 0 Å². The molecule has 0 radical (unpaired) electrons. The smallest absolute Gasteiger partial charge is 0.192 e. The third-order valence-electron chi connectivity index (χ3n) is 9.06. The minimum atomic E-state index is -2.13. The number of hydrogen-bond donors (Lipinski definition) is 0. The summed E-state index contributed by atoms with van der Waals surface area (Å²) in [4.78, 5) is 0. The number of hydrogen-bond acceptors (Lipinski definition) is 4. The molecule has 1 aliphatic rings. The molecule has 1 heterocycles. The molecule has 218 valence electrons. The fourth-order valence-electron chi connectivity index (χ4n) is 3.47. The van der Waals surface area contributed by atoms with Crippen molar-refractivity contribution in [2.45, 2.75) is 174 Å². The Hall–Kier alpha value is 0.268. The summed E-state index contributed by atoms with van der Waals surface area (Å²) in [6.45, 7) is 43.6. The van der Waals surface area contributed by atoms with E-state index in [4.69, 9.17) is 18.0 Å². The summed E-state index contributed by atoms with van der Waals surface area (Å²) in [6.07, 6.45) is -1.09. The van der Waals surface area contributed by atoms with Crippen LogP contribution in [0.1, 0.15) is 69.2 Å². The maximum atomic E-state index is 7.22. The second-order valence-electron chi connectivity index (χ2n) is 16.8. The second-order valence-corrected chi connectivity index (χ2v) is 35.8. The Bertz CT molecular complexity index is 830. The van der Waals surface area contributed by atoms with E-state index in [0.717, 1.165) is 0 Å². The largest absolute Gasteiger partial charge is 0.411 e. The molecule has 0 N–H and O–H groups in total. The first-order valence-corrected chi connectivity index (χ1v) is 26.5. The van der Waals surface area contributed by atoms with E-state index in [0.29, 0.717) is 0 Å². The summed E-state index contributed by atoms with van der Waals surface area (Å²) in [5.74, 6) is 3.56. The van der Waals surface area contributed by atoms with Gasteiger partial charge < -0.3 is 18.0 Å². The van der Waals surface area contributed by atoms with E-state index in [1.165, 1.54) is 0 Å². The monoisotopic (exact) mass is 586 g/mol. The molecule has 0 aromatic carbocycles. The van der Waals surface area contributed by atoms with Gasteiger partial charge in [-0.15, -0.1) is 5.54 Å². The molecule has 0 aromatic heterocycles. The molecule has 37 heavy (non-hydrogen) atoms. The Kier molecular flexibility index (Phi) is 10.8. The summed E-state index contributed by atoms with van der Waals surface area (Å²) in [5, 5.41) is 0.265. The lowest BCUT2D eigenvalue weighted by atomic mass is 10.1. The summed E-state index contributed by atoms with van der Waals surface area (Å²) >= 11 is 0. The Morgan fingerprint density at radius 3 is 1.35 bits per heavy atom. The highest BCUT2D eigenvalue weighted by atomic mass is 28.4. The SMILES string of the molecule is CC(O[Si](C)(C)C(C)(C)C)[C@@H]1O[C@H](C#C[Si](C)(C)C)[C@H](O[Si](C)(C)C(C)(C)C)[C@H]1O[Si](C)(C)C(C)(C)C. The number of rotatable bonds is 7. The van der Waals surface area contributed by atoms with Gasteiger partial charge in [0.2, 0.25) is 0 Å². The predicted octanol–water partition coefficient (Wildman–Crippen LogP) is 8.83. The van der Waals surface area contributed by atoms with Crippen molar-refractivity contribution in [3.63, 3.8) is 0 Å². The van der Waals surface area contributed by atoms with Gasteiger partial charge in [-0.25, -0.2) is 0 Å². The van der Waals surface area contributed by atoms with Crippen molar-refractivity contribution in [3.05, 3.63) is 0 Å². The van der Waals surface area contributed by atoms with Gasteiger partial charge in [0.15, 0.2) is 25.0 Å². The predicted molar refractivity (Wildman–Crippen MR) is 172 cm³/mol. The van der Waals surface area contributed by atoms with Gasteiger partial charge in [-0.1, -0.05) is 87.9 Å². The highest BCUT2D eigenvalue weighted by molar-refractivity contribution is 6.83. The first-order valence-electron chi connectivity index (χ1n) is 14.2. The van der Waals surface area contributed by atoms with E-state index in [-0.39, 0.29) is 45.6 Å². The van der Waals surface area contributed by atoms with Crippen LogP contribution >= 0.6 is 0 Å². The van der Waals surface area contributed by atoms with Crippen LogP contribution in [-0.4, -0.2) is 63.5 Å². The maximum absolute atomic E-state index is 7.22. The molecule has 0 amide bonds. The van der Waals surface area contributed by atoms with Crippen molar-refractivity contribution in [2.24, 2.45) is 0 Å². The lowest BCUT2D eigenvalue weighted by molar-refractivity contribution is -0.0401. The molecule has 0 saturated carbocycles. The van der Waals surface area contributed by atoms with Crippen LogP contribution < -0.4 is 0 Å². The zero-order valence-corrected chi connectivity index (χ0v) is 32.0. The molecule has 8 heteroatoms. The van der Waals surface area contributed by atoms with Crippen LogP contribution in [0.15, 0.2) is 0 Å². The van der Waals surface area contributed by atoms with Crippen LogP contribution in [0, 0.1) is 11.5 Å². The third-order valence-corrected chi connectivity index (χ3v) is 23.5. The molecule has 1 rings (SSSR count). The molecule has 1 saturated heterocycles. The van der Waals surface area contributed by atoms with E-state index in [1.54, 1.807) is 0 Å². The van der Waals surface area contributed by atoms with E-state index >= 15 is 0 Å². The van der Waals surface area contributed by atoms with Crippen molar-refractivity contribution in [3.8, 4) is 11.5 Å². The highest BCUT2D eigenvalue weighted by Crippen LogP contribution is 2.45. The molecule has 1 fully saturated rings. The van der Waals surface area contributed by atoms with Crippen molar-refractivity contribution in [2.75, 3.05) is 0 Å². The molecule has 0 aliphatic carbocycles. The third kappa shape index (κ3) is 9.14. The van der Waals surface area contributed by atoms with Gasteiger partial charge >= 0.3 is 0 Å². The molecule has 0 bridgehead atoms. The normalized spacial score (nSPS) is 25.6. The highest BCUT2D eigenvalue weighted by Gasteiger charge is 2.55. The Morgan fingerprint density at radius 1 is 0.622 bits per heavy atom. The molecular formula is C29H62O4Si4. The van der Waals surface area contributed by atoms with Crippen LogP contribution in [0.2, 0.25) is 74.0 Å². The van der Waals surface area contributed by atoms with Gasteiger partial charge in [0.05, 0.1) is 6.10 Å². The fourth-order valence-corrected chi connectivity index (χ4v) is 8.06. The van der Waals surface area contributed by atoms with Crippen LogP contribution in [0.25, 0.3) is 0 Å². The minimum Gasteiger partial charge on any atom is -0.411 e. The zero-order chi connectivity index (χ0) is 29.6. The second kappa shape index (κ2) is 11.3. The topological polar surface area (TPSA) is 36.9 Å². The quantitative estimate of drug-likeness (QED) is 0.221. The minimum absolute atomic E-state index is 0.0741. The van der Waals surface area contributed by atoms with Gasteiger partial charge in [0, 0.05) is 0 Å². The standard InChI is InChI=1S/C29H62O4Si4/c1-22(31-35(14,15)27(2,3)4)24-26(33-37(18,19)29(8,9)10)25(32-36(16,17)28(5,6)7)23(30-24)20-21-34(11,12)13/h22-26H,1-19H3/t22?,23-,24+,25+,26+/m1/s1. The number of ether oxygens (including phenoxy) is 1. The van der Waals surface area contributed by atoms with Gasteiger partial charge in [0.25, 0.3) is 0 Å². The van der Waals surface area contributed by atoms with E-state index in [2.05, 4.69) is 140 Å². The molecule has 4 nitrogen and oxygen atoms in total. The Balaban J connectivity index is 3.67.